The number of pyridine rings is 1. The lowest BCUT2D eigenvalue weighted by Gasteiger charge is -2.22. The Morgan fingerprint density at radius 2 is 2.19 bits per heavy atom. The first-order chi connectivity index (χ1) is 7.48. The second-order valence-electron chi connectivity index (χ2n) is 3.99. The molecular formula is C11H12F3N2. The number of hydrogen-bond acceptors (Lipinski definition) is 2. The number of nitrogens with zero attached hydrogens (tertiary/aromatic N) is 2. The van der Waals surface area contributed by atoms with Crippen molar-refractivity contribution in [2.24, 2.45) is 5.92 Å². The van der Waals surface area contributed by atoms with Crippen LogP contribution in [0.2, 0.25) is 0 Å². The summed E-state index contributed by atoms with van der Waals surface area (Å²) in [6.45, 7) is 5.04. The van der Waals surface area contributed by atoms with E-state index >= 15 is 0 Å². The van der Waals surface area contributed by atoms with Crippen LogP contribution in [0.3, 0.4) is 0 Å². The predicted molar refractivity (Wildman–Crippen MR) is 54.9 cm³/mol. The first-order valence-corrected chi connectivity index (χ1v) is 5.07. The Balaban J connectivity index is 2.34. The van der Waals surface area contributed by atoms with Gasteiger partial charge in [-0.15, -0.1) is 0 Å². The molecule has 0 aliphatic carbocycles. The van der Waals surface area contributed by atoms with Crippen LogP contribution in [0.5, 0.6) is 0 Å². The normalized spacial score (nSPS) is 21.5. The summed E-state index contributed by atoms with van der Waals surface area (Å²) < 4.78 is 38.2. The van der Waals surface area contributed by atoms with Crippen LogP contribution in [0.4, 0.5) is 18.9 Å². The highest BCUT2D eigenvalue weighted by Crippen LogP contribution is 2.37. The molecule has 1 aromatic heterocycles. The minimum absolute atomic E-state index is 0.168. The number of aromatic nitrogens is 1. The van der Waals surface area contributed by atoms with Crippen molar-refractivity contribution in [2.75, 3.05) is 18.0 Å². The van der Waals surface area contributed by atoms with Gasteiger partial charge in [-0.05, 0) is 25.3 Å². The standard InChI is InChI=1S/C11H12F3N2/c1-8-3-5-16(7-8)10-6-15-4-2-9(10)11(12,13)14/h2,4,6,8H,1,3,5,7H2/t8-/m1/s1. The fourth-order valence-electron chi connectivity index (χ4n) is 1.93. The minimum Gasteiger partial charge on any atom is -0.370 e. The first kappa shape index (κ1) is 11.2. The Labute approximate surface area is 92.1 Å². The molecule has 0 bridgehead atoms. The molecular weight excluding hydrogens is 217 g/mol. The maximum atomic E-state index is 12.7. The number of rotatable bonds is 1. The van der Waals surface area contributed by atoms with Gasteiger partial charge in [0, 0.05) is 19.3 Å². The van der Waals surface area contributed by atoms with E-state index in [-0.39, 0.29) is 11.6 Å². The van der Waals surface area contributed by atoms with Gasteiger partial charge in [0.25, 0.3) is 0 Å². The largest absolute Gasteiger partial charge is 0.418 e. The van der Waals surface area contributed by atoms with Crippen LogP contribution in [0, 0.1) is 12.8 Å². The van der Waals surface area contributed by atoms with Crippen LogP contribution in [-0.2, 0) is 6.18 Å². The van der Waals surface area contributed by atoms with Gasteiger partial charge in [-0.1, -0.05) is 0 Å². The summed E-state index contributed by atoms with van der Waals surface area (Å²) >= 11 is 0. The van der Waals surface area contributed by atoms with Crippen LogP contribution in [0.15, 0.2) is 18.5 Å². The highest BCUT2D eigenvalue weighted by Gasteiger charge is 2.35. The molecule has 2 heterocycles. The average molecular weight is 229 g/mol. The molecule has 1 aliphatic heterocycles. The Hall–Kier alpha value is -1.26. The third-order valence-electron chi connectivity index (χ3n) is 2.73. The van der Waals surface area contributed by atoms with Crippen LogP contribution in [0.1, 0.15) is 12.0 Å². The van der Waals surface area contributed by atoms with E-state index in [9.17, 15) is 13.2 Å². The third kappa shape index (κ3) is 2.13. The van der Waals surface area contributed by atoms with Gasteiger partial charge < -0.3 is 4.90 Å². The molecule has 1 saturated heterocycles. The number of hydrogen-bond donors (Lipinski definition) is 0. The van der Waals surface area contributed by atoms with Crippen LogP contribution in [0.25, 0.3) is 0 Å². The Morgan fingerprint density at radius 1 is 1.44 bits per heavy atom. The predicted octanol–water partition coefficient (Wildman–Crippen LogP) is 2.76. The van der Waals surface area contributed by atoms with E-state index in [0.717, 1.165) is 12.5 Å². The van der Waals surface area contributed by atoms with Crippen LogP contribution >= 0.6 is 0 Å². The molecule has 0 N–H and O–H groups in total. The summed E-state index contributed by atoms with van der Waals surface area (Å²) in [4.78, 5) is 5.47. The number of alkyl halides is 3. The second kappa shape index (κ2) is 3.96. The molecule has 1 radical (unpaired) electrons. The highest BCUT2D eigenvalue weighted by atomic mass is 19.4. The maximum absolute atomic E-state index is 12.7. The van der Waals surface area contributed by atoms with E-state index in [0.29, 0.717) is 13.1 Å². The van der Waals surface area contributed by atoms with Gasteiger partial charge in [0.1, 0.15) is 0 Å². The molecule has 2 rings (SSSR count). The van der Waals surface area contributed by atoms with E-state index in [1.165, 1.54) is 12.4 Å². The second-order valence-corrected chi connectivity index (χ2v) is 3.99. The SMILES string of the molecule is [CH2][C@@H]1CCN(c2cnccc2C(F)(F)F)C1. The molecule has 16 heavy (non-hydrogen) atoms. The smallest absolute Gasteiger partial charge is 0.370 e. The molecule has 1 aliphatic rings. The number of halogens is 3. The van der Waals surface area contributed by atoms with Crippen molar-refractivity contribution < 1.29 is 13.2 Å². The average Bonchev–Trinajstić information content (AvgIpc) is 2.64. The van der Waals surface area contributed by atoms with E-state index in [4.69, 9.17) is 0 Å². The summed E-state index contributed by atoms with van der Waals surface area (Å²) in [5.74, 6) is 0.196. The van der Waals surface area contributed by atoms with Crippen LogP contribution < -0.4 is 4.90 Å². The van der Waals surface area contributed by atoms with Gasteiger partial charge >= 0.3 is 6.18 Å². The highest BCUT2D eigenvalue weighted by molar-refractivity contribution is 5.53. The van der Waals surface area contributed by atoms with Crippen molar-refractivity contribution in [1.29, 1.82) is 0 Å². The van der Waals surface area contributed by atoms with E-state index < -0.39 is 11.7 Å². The van der Waals surface area contributed by atoms with Crippen molar-refractivity contribution >= 4 is 5.69 Å². The van der Waals surface area contributed by atoms with Crippen LogP contribution in [-0.4, -0.2) is 18.1 Å². The van der Waals surface area contributed by atoms with Crippen molar-refractivity contribution in [2.45, 2.75) is 12.6 Å². The molecule has 0 unspecified atom stereocenters. The molecule has 0 aromatic carbocycles. The van der Waals surface area contributed by atoms with E-state index in [2.05, 4.69) is 11.9 Å². The van der Waals surface area contributed by atoms with Gasteiger partial charge in [-0.3, -0.25) is 4.98 Å². The fraction of sp³-hybridized carbons (Fsp3) is 0.455. The quantitative estimate of drug-likeness (QED) is 0.736. The summed E-state index contributed by atoms with van der Waals surface area (Å²) in [6, 6.07) is 1.02. The van der Waals surface area contributed by atoms with Gasteiger partial charge in [0.05, 0.1) is 17.4 Å². The van der Waals surface area contributed by atoms with Gasteiger partial charge in [0.2, 0.25) is 0 Å². The molecule has 87 valence electrons. The molecule has 5 heteroatoms. The monoisotopic (exact) mass is 229 g/mol. The van der Waals surface area contributed by atoms with Gasteiger partial charge in [-0.25, -0.2) is 0 Å². The minimum atomic E-state index is -4.32. The van der Waals surface area contributed by atoms with Crippen molar-refractivity contribution in [3.8, 4) is 0 Å². The molecule has 1 atom stereocenters. The van der Waals surface area contributed by atoms with E-state index in [1.54, 1.807) is 4.90 Å². The molecule has 0 amide bonds. The van der Waals surface area contributed by atoms with Gasteiger partial charge in [-0.2, -0.15) is 13.2 Å². The number of anilines is 1. The molecule has 1 aromatic rings. The zero-order chi connectivity index (χ0) is 11.8. The Morgan fingerprint density at radius 3 is 2.75 bits per heavy atom. The van der Waals surface area contributed by atoms with Crippen molar-refractivity contribution in [3.63, 3.8) is 0 Å². The maximum Gasteiger partial charge on any atom is 0.418 e. The summed E-state index contributed by atoms with van der Waals surface area (Å²) in [5.41, 5.74) is -0.447. The molecule has 0 spiro atoms. The zero-order valence-electron chi connectivity index (χ0n) is 8.67. The zero-order valence-corrected chi connectivity index (χ0v) is 8.67. The lowest BCUT2D eigenvalue weighted by Crippen LogP contribution is -2.23. The summed E-state index contributed by atoms with van der Waals surface area (Å²) in [5, 5.41) is 0. The topological polar surface area (TPSA) is 16.1 Å². The Kier molecular flexibility index (Phi) is 2.78. The van der Waals surface area contributed by atoms with E-state index in [1.807, 2.05) is 0 Å². The molecule has 1 fully saturated rings. The van der Waals surface area contributed by atoms with Crippen molar-refractivity contribution in [1.82, 2.24) is 4.98 Å². The summed E-state index contributed by atoms with van der Waals surface area (Å²) in [6.07, 6.45) is -1.05. The summed E-state index contributed by atoms with van der Waals surface area (Å²) in [7, 11) is 0. The fourth-order valence-corrected chi connectivity index (χ4v) is 1.93. The Bertz CT molecular complexity index is 376. The lowest BCUT2D eigenvalue weighted by atomic mass is 10.2. The third-order valence-corrected chi connectivity index (χ3v) is 2.73. The lowest BCUT2D eigenvalue weighted by molar-refractivity contribution is -0.137. The first-order valence-electron chi connectivity index (χ1n) is 5.07. The van der Waals surface area contributed by atoms with Crippen molar-refractivity contribution in [3.05, 3.63) is 30.9 Å². The molecule has 0 saturated carbocycles. The van der Waals surface area contributed by atoms with Gasteiger partial charge in [0.15, 0.2) is 0 Å². The molecule has 2 nitrogen and oxygen atoms in total.